The monoisotopic (exact) mass is 341 g/mol. The first-order valence-electron chi connectivity index (χ1n) is 8.74. The molecule has 2 aromatic rings. The summed E-state index contributed by atoms with van der Waals surface area (Å²) < 4.78 is 13.6. The minimum atomic E-state index is -0.491. The Labute approximate surface area is 147 Å². The lowest BCUT2D eigenvalue weighted by molar-refractivity contribution is 0.0998. The molecule has 1 aliphatic carbocycles. The number of hydrogen-bond acceptors (Lipinski definition) is 3. The van der Waals surface area contributed by atoms with Crippen molar-refractivity contribution in [1.82, 2.24) is 4.98 Å². The predicted molar refractivity (Wildman–Crippen MR) is 97.2 cm³/mol. The van der Waals surface area contributed by atoms with Crippen molar-refractivity contribution in [2.24, 2.45) is 5.73 Å². The van der Waals surface area contributed by atoms with Crippen LogP contribution in [0.5, 0.6) is 0 Å². The van der Waals surface area contributed by atoms with Crippen LogP contribution >= 0.6 is 0 Å². The van der Waals surface area contributed by atoms with E-state index < -0.39 is 5.91 Å². The third kappa shape index (κ3) is 3.98. The number of aryl methyl sites for hydroxylation is 2. The molecule has 3 N–H and O–H groups in total. The smallest absolute Gasteiger partial charge is 0.248 e. The lowest BCUT2D eigenvalue weighted by Crippen LogP contribution is -2.27. The molecule has 1 aliphatic rings. The topological polar surface area (TPSA) is 68.0 Å². The van der Waals surface area contributed by atoms with Gasteiger partial charge in [0.15, 0.2) is 0 Å². The molecule has 0 atom stereocenters. The first-order chi connectivity index (χ1) is 11.9. The Morgan fingerprint density at radius 3 is 2.52 bits per heavy atom. The van der Waals surface area contributed by atoms with Crippen LogP contribution in [0.15, 0.2) is 30.3 Å². The van der Waals surface area contributed by atoms with Crippen molar-refractivity contribution < 1.29 is 9.18 Å². The number of carbonyl (C=O) groups excluding carboxylic acids is 1. The number of hydrogen-bond donors (Lipinski definition) is 2. The van der Waals surface area contributed by atoms with Crippen molar-refractivity contribution in [3.05, 3.63) is 58.5 Å². The first kappa shape index (κ1) is 17.4. The predicted octanol–water partition coefficient (Wildman–Crippen LogP) is 4.07. The van der Waals surface area contributed by atoms with Gasteiger partial charge >= 0.3 is 0 Å². The van der Waals surface area contributed by atoms with E-state index >= 15 is 0 Å². The summed E-state index contributed by atoms with van der Waals surface area (Å²) in [5, 5.41) is 3.49. The molecule has 0 radical (unpaired) electrons. The van der Waals surface area contributed by atoms with Gasteiger partial charge in [-0.3, -0.25) is 4.79 Å². The van der Waals surface area contributed by atoms with Gasteiger partial charge in [0.25, 0.3) is 0 Å². The number of nitrogens with one attached hydrogen (secondary N) is 1. The van der Waals surface area contributed by atoms with Crippen molar-refractivity contribution >= 4 is 11.7 Å². The van der Waals surface area contributed by atoms with Crippen LogP contribution in [0.3, 0.4) is 0 Å². The number of carbonyl (C=O) groups is 1. The highest BCUT2D eigenvalue weighted by molar-refractivity contribution is 5.94. The Balaban J connectivity index is 1.67. The number of amides is 1. The number of nitrogens with two attached hydrogens (primary N) is 1. The van der Waals surface area contributed by atoms with E-state index in [1.54, 1.807) is 0 Å². The lowest BCUT2D eigenvalue weighted by Gasteiger charge is -2.30. The number of rotatable bonds is 4. The summed E-state index contributed by atoms with van der Waals surface area (Å²) in [7, 11) is 0. The molecule has 0 spiro atoms. The number of anilines is 1. The molecule has 0 bridgehead atoms. The summed E-state index contributed by atoms with van der Waals surface area (Å²) in [6, 6.07) is 8.67. The summed E-state index contributed by atoms with van der Waals surface area (Å²) in [4.78, 5) is 16.2. The third-order valence-electron chi connectivity index (χ3n) is 5.15. The third-order valence-corrected chi connectivity index (χ3v) is 5.15. The minimum absolute atomic E-state index is 0.170. The molecule has 1 heterocycles. The van der Waals surface area contributed by atoms with E-state index in [4.69, 9.17) is 5.73 Å². The second-order valence-electron chi connectivity index (χ2n) is 6.89. The quantitative estimate of drug-likeness (QED) is 0.880. The molecule has 0 aliphatic heterocycles. The molecule has 1 aromatic heterocycles. The Kier molecular flexibility index (Phi) is 5.02. The van der Waals surface area contributed by atoms with Gasteiger partial charge in [0, 0.05) is 17.3 Å². The Bertz CT molecular complexity index is 783. The van der Waals surface area contributed by atoms with E-state index in [-0.39, 0.29) is 11.7 Å². The van der Waals surface area contributed by atoms with Crippen LogP contribution in [0.25, 0.3) is 0 Å². The van der Waals surface area contributed by atoms with E-state index in [0.717, 1.165) is 42.8 Å². The molecule has 1 saturated carbocycles. The summed E-state index contributed by atoms with van der Waals surface area (Å²) in [5.41, 5.74) is 8.84. The zero-order valence-electron chi connectivity index (χ0n) is 14.7. The van der Waals surface area contributed by atoms with Crippen LogP contribution in [0, 0.1) is 19.7 Å². The van der Waals surface area contributed by atoms with Gasteiger partial charge in [-0.15, -0.1) is 0 Å². The van der Waals surface area contributed by atoms with E-state index in [0.29, 0.717) is 11.6 Å². The van der Waals surface area contributed by atoms with Crippen LogP contribution in [-0.2, 0) is 0 Å². The second-order valence-corrected chi connectivity index (χ2v) is 6.89. The summed E-state index contributed by atoms with van der Waals surface area (Å²) in [5.74, 6) is 0.258. The fourth-order valence-corrected chi connectivity index (χ4v) is 3.56. The standard InChI is InChI=1S/C20H24FN3O/c1-12-3-10-19(23-13(12)2)24-16-7-4-14(5-8-16)18-11-15(21)6-9-17(18)20(22)25/h3,6,9-11,14,16H,4-5,7-8H2,1-2H3,(H2,22,25)(H,23,24). The second kappa shape index (κ2) is 7.21. The van der Waals surface area contributed by atoms with Crippen LogP contribution in [0.2, 0.25) is 0 Å². The lowest BCUT2D eigenvalue weighted by atomic mass is 9.80. The van der Waals surface area contributed by atoms with E-state index in [9.17, 15) is 9.18 Å². The number of pyridine rings is 1. The molecule has 132 valence electrons. The van der Waals surface area contributed by atoms with Crippen LogP contribution in [0.1, 0.15) is 58.8 Å². The van der Waals surface area contributed by atoms with Crippen molar-refractivity contribution in [2.45, 2.75) is 51.5 Å². The first-order valence-corrected chi connectivity index (χ1v) is 8.74. The Morgan fingerprint density at radius 1 is 1.16 bits per heavy atom. The van der Waals surface area contributed by atoms with Crippen LogP contribution in [-0.4, -0.2) is 16.9 Å². The molecule has 5 heteroatoms. The molecule has 4 nitrogen and oxygen atoms in total. The van der Waals surface area contributed by atoms with E-state index in [1.165, 1.54) is 23.8 Å². The normalized spacial score (nSPS) is 20.3. The molecule has 0 unspecified atom stereocenters. The Morgan fingerprint density at radius 2 is 1.88 bits per heavy atom. The van der Waals surface area contributed by atoms with Crippen molar-refractivity contribution in [3.8, 4) is 0 Å². The highest BCUT2D eigenvalue weighted by Gasteiger charge is 2.25. The SMILES string of the molecule is Cc1ccc(NC2CCC(c3cc(F)ccc3C(N)=O)CC2)nc1C. The number of primary amides is 1. The molecule has 1 fully saturated rings. The highest BCUT2D eigenvalue weighted by atomic mass is 19.1. The van der Waals surface area contributed by atoms with Crippen molar-refractivity contribution in [2.75, 3.05) is 5.32 Å². The zero-order chi connectivity index (χ0) is 18.0. The summed E-state index contributed by atoms with van der Waals surface area (Å²) in [6.07, 6.45) is 3.69. The van der Waals surface area contributed by atoms with Gasteiger partial charge in [-0.05, 0) is 80.8 Å². The number of benzene rings is 1. The maximum absolute atomic E-state index is 13.6. The average Bonchev–Trinajstić information content (AvgIpc) is 2.58. The largest absolute Gasteiger partial charge is 0.367 e. The van der Waals surface area contributed by atoms with Gasteiger partial charge in [-0.1, -0.05) is 6.07 Å². The fraction of sp³-hybridized carbons (Fsp3) is 0.400. The molecule has 1 aromatic carbocycles. The maximum Gasteiger partial charge on any atom is 0.248 e. The van der Waals surface area contributed by atoms with Crippen LogP contribution < -0.4 is 11.1 Å². The number of nitrogens with zero attached hydrogens (tertiary/aromatic N) is 1. The molecule has 3 rings (SSSR count). The van der Waals surface area contributed by atoms with Crippen molar-refractivity contribution in [3.63, 3.8) is 0 Å². The average molecular weight is 341 g/mol. The van der Waals surface area contributed by atoms with E-state index in [1.807, 2.05) is 19.9 Å². The summed E-state index contributed by atoms with van der Waals surface area (Å²) in [6.45, 7) is 4.05. The minimum Gasteiger partial charge on any atom is -0.367 e. The highest BCUT2D eigenvalue weighted by Crippen LogP contribution is 2.35. The maximum atomic E-state index is 13.6. The molecule has 0 saturated heterocycles. The number of halogens is 1. The molecular weight excluding hydrogens is 317 g/mol. The molecule has 1 amide bonds. The van der Waals surface area contributed by atoms with Gasteiger partial charge < -0.3 is 11.1 Å². The number of aromatic nitrogens is 1. The Hall–Kier alpha value is -2.43. The summed E-state index contributed by atoms with van der Waals surface area (Å²) >= 11 is 0. The van der Waals surface area contributed by atoms with Gasteiger partial charge in [-0.2, -0.15) is 0 Å². The van der Waals surface area contributed by atoms with Gasteiger partial charge in [-0.25, -0.2) is 9.37 Å². The fourth-order valence-electron chi connectivity index (χ4n) is 3.56. The van der Waals surface area contributed by atoms with Gasteiger partial charge in [0.2, 0.25) is 5.91 Å². The van der Waals surface area contributed by atoms with Gasteiger partial charge in [0.05, 0.1) is 0 Å². The molecule has 25 heavy (non-hydrogen) atoms. The van der Waals surface area contributed by atoms with Gasteiger partial charge in [0.1, 0.15) is 11.6 Å². The zero-order valence-corrected chi connectivity index (χ0v) is 14.7. The molecular formula is C20H24FN3O. The van der Waals surface area contributed by atoms with Crippen molar-refractivity contribution in [1.29, 1.82) is 0 Å². The van der Waals surface area contributed by atoms with E-state index in [2.05, 4.69) is 16.4 Å². The van der Waals surface area contributed by atoms with Crippen LogP contribution in [0.4, 0.5) is 10.2 Å².